The van der Waals surface area contributed by atoms with E-state index in [1.807, 2.05) is 0 Å². The average molecular weight is 190 g/mol. The van der Waals surface area contributed by atoms with Crippen LogP contribution in [0.15, 0.2) is 17.4 Å². The molecular weight excluding hydrogens is 176 g/mol. The van der Waals surface area contributed by atoms with Crippen molar-refractivity contribution in [3.05, 3.63) is 18.1 Å². The lowest BCUT2D eigenvalue weighted by molar-refractivity contribution is 0.623. The number of fused-ring (bicyclic) bond motifs is 1. The van der Waals surface area contributed by atoms with Crippen molar-refractivity contribution in [2.75, 3.05) is 5.32 Å². The number of anilines is 1. The number of nitrogens with one attached hydrogen (secondary N) is 1. The summed E-state index contributed by atoms with van der Waals surface area (Å²) in [5, 5.41) is 3.26. The first-order valence-corrected chi connectivity index (χ1v) is 5.01. The van der Waals surface area contributed by atoms with Crippen LogP contribution in [0.1, 0.15) is 31.9 Å². The Morgan fingerprint density at radius 2 is 2.21 bits per heavy atom. The van der Waals surface area contributed by atoms with Gasteiger partial charge in [0.05, 0.1) is 6.21 Å². The molecule has 0 aromatic carbocycles. The molecular formula is C10H14N4. The van der Waals surface area contributed by atoms with E-state index in [1.54, 1.807) is 18.6 Å². The normalized spacial score (nSPS) is 18.8. The predicted octanol–water partition coefficient (Wildman–Crippen LogP) is 1.84. The van der Waals surface area contributed by atoms with Crippen LogP contribution in [0.2, 0.25) is 0 Å². The minimum Gasteiger partial charge on any atom is -0.347 e. The van der Waals surface area contributed by atoms with Crippen molar-refractivity contribution < 1.29 is 0 Å². The summed E-state index contributed by atoms with van der Waals surface area (Å²) in [5.41, 5.74) is 0.834. The fourth-order valence-corrected chi connectivity index (χ4v) is 1.45. The second-order valence-corrected chi connectivity index (χ2v) is 3.37. The molecule has 0 fully saturated rings. The van der Waals surface area contributed by atoms with Crippen LogP contribution in [0, 0.1) is 0 Å². The Labute approximate surface area is 83.5 Å². The summed E-state index contributed by atoms with van der Waals surface area (Å²) in [4.78, 5) is 12.7. The van der Waals surface area contributed by atoms with Gasteiger partial charge in [-0.3, -0.25) is 4.99 Å². The first-order chi connectivity index (χ1) is 6.90. The van der Waals surface area contributed by atoms with E-state index in [-0.39, 0.29) is 6.17 Å². The lowest BCUT2D eigenvalue weighted by Gasteiger charge is -2.19. The number of aliphatic imine (C=N–C) groups is 1. The van der Waals surface area contributed by atoms with Crippen molar-refractivity contribution in [1.82, 2.24) is 9.97 Å². The highest BCUT2D eigenvalue weighted by Gasteiger charge is 2.13. The number of nitrogens with zero attached hydrogens (tertiary/aromatic N) is 3. The highest BCUT2D eigenvalue weighted by Crippen LogP contribution is 2.16. The fourth-order valence-electron chi connectivity index (χ4n) is 1.45. The van der Waals surface area contributed by atoms with Crippen LogP contribution in [-0.4, -0.2) is 22.3 Å². The van der Waals surface area contributed by atoms with Crippen molar-refractivity contribution in [3.63, 3.8) is 0 Å². The van der Waals surface area contributed by atoms with Crippen LogP contribution >= 0.6 is 0 Å². The number of hydrogen-bond acceptors (Lipinski definition) is 4. The first-order valence-electron chi connectivity index (χ1n) is 5.01. The van der Waals surface area contributed by atoms with Gasteiger partial charge < -0.3 is 5.32 Å². The molecule has 0 radical (unpaired) electrons. The Morgan fingerprint density at radius 3 is 3.07 bits per heavy atom. The SMILES string of the molecule is CCCCC1N=Cc2nccnc2N1. The Morgan fingerprint density at radius 1 is 1.36 bits per heavy atom. The van der Waals surface area contributed by atoms with Crippen molar-refractivity contribution in [3.8, 4) is 0 Å². The van der Waals surface area contributed by atoms with Crippen LogP contribution in [0.25, 0.3) is 0 Å². The van der Waals surface area contributed by atoms with Crippen LogP contribution in [0.4, 0.5) is 5.82 Å². The smallest absolute Gasteiger partial charge is 0.155 e. The van der Waals surface area contributed by atoms with Crippen LogP contribution in [0.5, 0.6) is 0 Å². The molecule has 14 heavy (non-hydrogen) atoms. The zero-order valence-electron chi connectivity index (χ0n) is 8.27. The predicted molar refractivity (Wildman–Crippen MR) is 56.6 cm³/mol. The molecule has 0 aliphatic carbocycles. The van der Waals surface area contributed by atoms with Gasteiger partial charge in [0, 0.05) is 12.4 Å². The molecule has 2 heterocycles. The highest BCUT2D eigenvalue weighted by atomic mass is 15.1. The number of unbranched alkanes of at least 4 members (excludes halogenated alkanes) is 1. The van der Waals surface area contributed by atoms with Crippen molar-refractivity contribution in [1.29, 1.82) is 0 Å². The summed E-state index contributed by atoms with van der Waals surface area (Å²) in [7, 11) is 0. The van der Waals surface area contributed by atoms with E-state index < -0.39 is 0 Å². The van der Waals surface area contributed by atoms with Gasteiger partial charge in [0.25, 0.3) is 0 Å². The molecule has 4 heteroatoms. The summed E-state index contributed by atoms with van der Waals surface area (Å²) in [6, 6.07) is 0. The summed E-state index contributed by atoms with van der Waals surface area (Å²) in [6.45, 7) is 2.18. The molecule has 1 aliphatic heterocycles. The maximum atomic E-state index is 4.37. The summed E-state index contributed by atoms with van der Waals surface area (Å²) in [6.07, 6.45) is 8.80. The summed E-state index contributed by atoms with van der Waals surface area (Å²) < 4.78 is 0. The minimum absolute atomic E-state index is 0.180. The molecule has 4 nitrogen and oxygen atoms in total. The molecule has 74 valence electrons. The third kappa shape index (κ3) is 1.89. The molecule has 1 unspecified atom stereocenters. The molecule has 1 aliphatic rings. The Hall–Kier alpha value is -1.45. The number of aromatic nitrogens is 2. The lowest BCUT2D eigenvalue weighted by atomic mass is 10.2. The molecule has 1 atom stereocenters. The second-order valence-electron chi connectivity index (χ2n) is 3.37. The topological polar surface area (TPSA) is 50.2 Å². The van der Waals surface area contributed by atoms with E-state index in [4.69, 9.17) is 0 Å². The van der Waals surface area contributed by atoms with E-state index in [0.717, 1.165) is 17.9 Å². The Balaban J connectivity index is 2.06. The second kappa shape index (κ2) is 4.17. The van der Waals surface area contributed by atoms with E-state index in [1.165, 1.54) is 12.8 Å². The number of rotatable bonds is 3. The third-order valence-corrected chi connectivity index (χ3v) is 2.24. The van der Waals surface area contributed by atoms with Crippen molar-refractivity contribution in [2.24, 2.45) is 4.99 Å². The van der Waals surface area contributed by atoms with Gasteiger partial charge in [-0.2, -0.15) is 0 Å². The number of hydrogen-bond donors (Lipinski definition) is 1. The maximum absolute atomic E-state index is 4.37. The van der Waals surface area contributed by atoms with Crippen molar-refractivity contribution in [2.45, 2.75) is 32.4 Å². The molecule has 1 N–H and O–H groups in total. The zero-order valence-corrected chi connectivity index (χ0v) is 8.27. The van der Waals surface area contributed by atoms with Crippen LogP contribution in [0.3, 0.4) is 0 Å². The Kier molecular flexibility index (Phi) is 2.72. The van der Waals surface area contributed by atoms with E-state index >= 15 is 0 Å². The third-order valence-electron chi connectivity index (χ3n) is 2.24. The highest BCUT2D eigenvalue weighted by molar-refractivity contribution is 5.85. The lowest BCUT2D eigenvalue weighted by Crippen LogP contribution is -2.23. The van der Waals surface area contributed by atoms with Gasteiger partial charge in [0.15, 0.2) is 5.82 Å². The molecule has 0 bridgehead atoms. The molecule has 0 amide bonds. The Bertz CT molecular complexity index is 335. The van der Waals surface area contributed by atoms with Gasteiger partial charge in [-0.15, -0.1) is 0 Å². The largest absolute Gasteiger partial charge is 0.347 e. The standard InChI is InChI=1S/C10H14N4/c1-2-3-4-9-13-7-8-10(14-9)12-6-5-11-8/h5-7,9H,2-4H2,1H3,(H,12,14). The maximum Gasteiger partial charge on any atom is 0.155 e. The molecule has 2 rings (SSSR count). The van der Waals surface area contributed by atoms with E-state index in [0.29, 0.717) is 0 Å². The van der Waals surface area contributed by atoms with Gasteiger partial charge in [-0.25, -0.2) is 9.97 Å². The van der Waals surface area contributed by atoms with E-state index in [9.17, 15) is 0 Å². The molecule has 0 spiro atoms. The van der Waals surface area contributed by atoms with Crippen LogP contribution < -0.4 is 5.32 Å². The van der Waals surface area contributed by atoms with Gasteiger partial charge >= 0.3 is 0 Å². The quantitative estimate of drug-likeness (QED) is 0.791. The van der Waals surface area contributed by atoms with Gasteiger partial charge in [0.1, 0.15) is 11.9 Å². The first kappa shape index (κ1) is 9.12. The molecule has 1 aromatic heterocycles. The zero-order chi connectivity index (χ0) is 9.80. The summed E-state index contributed by atoms with van der Waals surface area (Å²) >= 11 is 0. The van der Waals surface area contributed by atoms with Crippen molar-refractivity contribution >= 4 is 12.0 Å². The fraction of sp³-hybridized carbons (Fsp3) is 0.500. The molecule has 0 saturated heterocycles. The van der Waals surface area contributed by atoms with E-state index in [2.05, 4.69) is 27.2 Å². The molecule has 0 saturated carbocycles. The van der Waals surface area contributed by atoms with Gasteiger partial charge in [-0.1, -0.05) is 13.3 Å². The molecule has 1 aromatic rings. The van der Waals surface area contributed by atoms with Gasteiger partial charge in [0.2, 0.25) is 0 Å². The van der Waals surface area contributed by atoms with Crippen LogP contribution in [-0.2, 0) is 0 Å². The monoisotopic (exact) mass is 190 g/mol. The average Bonchev–Trinajstić information content (AvgIpc) is 2.26. The minimum atomic E-state index is 0.180. The van der Waals surface area contributed by atoms with Gasteiger partial charge in [-0.05, 0) is 12.8 Å². The summed E-state index contributed by atoms with van der Waals surface area (Å²) in [5.74, 6) is 0.851.